The van der Waals surface area contributed by atoms with Crippen molar-refractivity contribution in [1.82, 2.24) is 4.98 Å². The second kappa shape index (κ2) is 6.12. The minimum Gasteiger partial charge on any atom is -0.467 e. The molecule has 1 atom stereocenters. The monoisotopic (exact) mass is 267 g/mol. The number of nitrogens with zero attached hydrogens (tertiary/aromatic N) is 2. The van der Waals surface area contributed by atoms with Gasteiger partial charge in [0.15, 0.2) is 0 Å². The van der Waals surface area contributed by atoms with Crippen LogP contribution in [0.2, 0.25) is 0 Å². The van der Waals surface area contributed by atoms with E-state index in [1.165, 1.54) is 25.4 Å². The summed E-state index contributed by atoms with van der Waals surface area (Å²) in [5.74, 6) is -0.154. The molecule has 1 aromatic heterocycles. The summed E-state index contributed by atoms with van der Waals surface area (Å²) in [5.41, 5.74) is -1.03. The Kier molecular flexibility index (Phi) is 4.80. The van der Waals surface area contributed by atoms with Crippen molar-refractivity contribution in [2.75, 3.05) is 12.4 Å². The van der Waals surface area contributed by atoms with E-state index in [4.69, 9.17) is 4.74 Å². The highest BCUT2D eigenvalue weighted by Gasteiger charge is 2.34. The van der Waals surface area contributed by atoms with Crippen LogP contribution in [-0.2, 0) is 9.53 Å². The molecule has 0 saturated carbocycles. The molecule has 19 heavy (non-hydrogen) atoms. The lowest BCUT2D eigenvalue weighted by Gasteiger charge is -2.27. The Hall–Kier alpha value is -2.18. The second-order valence-corrected chi connectivity index (χ2v) is 4.36. The number of pyridine rings is 1. The molecule has 0 spiro atoms. The molecule has 1 N–H and O–H groups in total. The maximum Gasteiger partial charge on any atom is 0.331 e. The lowest BCUT2D eigenvalue weighted by atomic mass is 9.96. The Morgan fingerprint density at radius 3 is 2.84 bits per heavy atom. The van der Waals surface area contributed by atoms with Crippen molar-refractivity contribution in [3.05, 3.63) is 28.4 Å². The van der Waals surface area contributed by atoms with Gasteiger partial charge in [0.2, 0.25) is 0 Å². The Labute approximate surface area is 111 Å². The minimum absolute atomic E-state index is 0.0822. The van der Waals surface area contributed by atoms with Crippen molar-refractivity contribution in [3.63, 3.8) is 0 Å². The third-order valence-electron chi connectivity index (χ3n) is 2.74. The van der Waals surface area contributed by atoms with E-state index in [0.29, 0.717) is 6.42 Å². The first-order valence-electron chi connectivity index (χ1n) is 5.90. The van der Waals surface area contributed by atoms with E-state index in [2.05, 4.69) is 10.3 Å². The molecular formula is C12H17N3O4. The van der Waals surface area contributed by atoms with E-state index in [0.717, 1.165) is 6.42 Å². The SMILES string of the molecule is CCCC(C)(Nc1cc([N+](=O)[O-])ccn1)C(=O)OC. The van der Waals surface area contributed by atoms with Gasteiger partial charge in [-0.1, -0.05) is 13.3 Å². The summed E-state index contributed by atoms with van der Waals surface area (Å²) >= 11 is 0. The van der Waals surface area contributed by atoms with Crippen LogP contribution in [0.1, 0.15) is 26.7 Å². The average molecular weight is 267 g/mol. The standard InChI is InChI=1S/C12H17N3O4/c1-4-6-12(2,11(16)19-3)14-10-8-9(15(17)18)5-7-13-10/h5,7-8H,4,6H2,1-3H3,(H,13,14). The number of anilines is 1. The minimum atomic E-state index is -0.953. The Balaban J connectivity index is 2.99. The van der Waals surface area contributed by atoms with Crippen LogP contribution in [0.15, 0.2) is 18.3 Å². The van der Waals surface area contributed by atoms with Crippen molar-refractivity contribution >= 4 is 17.5 Å². The molecule has 104 valence electrons. The molecule has 0 aliphatic heterocycles. The highest BCUT2D eigenvalue weighted by molar-refractivity contribution is 5.83. The maximum atomic E-state index is 11.8. The van der Waals surface area contributed by atoms with Crippen LogP contribution in [0.3, 0.4) is 0 Å². The lowest BCUT2D eigenvalue weighted by molar-refractivity contribution is -0.384. The Bertz CT molecular complexity index is 478. The van der Waals surface area contributed by atoms with Gasteiger partial charge in [0.1, 0.15) is 11.4 Å². The molecule has 7 nitrogen and oxygen atoms in total. The van der Waals surface area contributed by atoms with Crippen LogP contribution in [0.25, 0.3) is 0 Å². The number of esters is 1. The number of carbonyl (C=O) groups is 1. The number of rotatable bonds is 6. The normalized spacial score (nSPS) is 13.4. The third kappa shape index (κ3) is 3.64. The highest BCUT2D eigenvalue weighted by atomic mass is 16.6. The van der Waals surface area contributed by atoms with Gasteiger partial charge in [-0.05, 0) is 13.3 Å². The summed E-state index contributed by atoms with van der Waals surface area (Å²) in [7, 11) is 1.30. The van der Waals surface area contributed by atoms with Crippen molar-refractivity contribution in [3.8, 4) is 0 Å². The zero-order valence-electron chi connectivity index (χ0n) is 11.2. The summed E-state index contributed by atoms with van der Waals surface area (Å²) in [6.07, 6.45) is 2.61. The number of methoxy groups -OCH3 is 1. The van der Waals surface area contributed by atoms with Crippen LogP contribution in [-0.4, -0.2) is 28.5 Å². The Morgan fingerprint density at radius 2 is 2.32 bits per heavy atom. The number of carbonyl (C=O) groups excluding carboxylic acids is 1. The quantitative estimate of drug-likeness (QED) is 0.482. The van der Waals surface area contributed by atoms with Crippen LogP contribution in [0, 0.1) is 10.1 Å². The van der Waals surface area contributed by atoms with Crippen molar-refractivity contribution < 1.29 is 14.5 Å². The molecule has 1 aromatic rings. The number of nitro groups is 1. The van der Waals surface area contributed by atoms with Gasteiger partial charge in [0.25, 0.3) is 5.69 Å². The van der Waals surface area contributed by atoms with Gasteiger partial charge < -0.3 is 10.1 Å². The molecule has 1 unspecified atom stereocenters. The van der Waals surface area contributed by atoms with Crippen LogP contribution in [0.5, 0.6) is 0 Å². The maximum absolute atomic E-state index is 11.8. The van der Waals surface area contributed by atoms with E-state index in [-0.39, 0.29) is 11.5 Å². The summed E-state index contributed by atoms with van der Waals surface area (Å²) in [6, 6.07) is 2.58. The molecular weight excluding hydrogens is 250 g/mol. The van der Waals surface area contributed by atoms with E-state index in [1.54, 1.807) is 6.92 Å². The Morgan fingerprint density at radius 1 is 1.63 bits per heavy atom. The number of nitrogens with one attached hydrogen (secondary N) is 1. The molecule has 0 radical (unpaired) electrons. The van der Waals surface area contributed by atoms with Crippen LogP contribution in [0.4, 0.5) is 11.5 Å². The summed E-state index contributed by atoms with van der Waals surface area (Å²) in [4.78, 5) is 26.0. The zero-order chi connectivity index (χ0) is 14.5. The first-order valence-corrected chi connectivity index (χ1v) is 5.90. The first-order chi connectivity index (χ1) is 8.92. The fourth-order valence-corrected chi connectivity index (χ4v) is 1.82. The molecule has 0 saturated heterocycles. The smallest absolute Gasteiger partial charge is 0.331 e. The molecule has 0 aromatic carbocycles. The number of aromatic nitrogens is 1. The second-order valence-electron chi connectivity index (χ2n) is 4.36. The topological polar surface area (TPSA) is 94.4 Å². The number of hydrogen-bond donors (Lipinski definition) is 1. The molecule has 0 bridgehead atoms. The summed E-state index contributed by atoms with van der Waals surface area (Å²) in [5, 5.41) is 13.6. The van der Waals surface area contributed by atoms with E-state index in [1.807, 2.05) is 6.92 Å². The first kappa shape index (κ1) is 14.9. The van der Waals surface area contributed by atoms with Gasteiger partial charge in [0, 0.05) is 12.3 Å². The zero-order valence-corrected chi connectivity index (χ0v) is 11.2. The lowest BCUT2D eigenvalue weighted by Crippen LogP contribution is -2.44. The van der Waals surface area contributed by atoms with Gasteiger partial charge in [-0.3, -0.25) is 10.1 Å². The fraction of sp³-hybridized carbons (Fsp3) is 0.500. The summed E-state index contributed by atoms with van der Waals surface area (Å²) in [6.45, 7) is 3.62. The molecule has 1 rings (SSSR count). The molecule has 7 heteroatoms. The average Bonchev–Trinajstić information content (AvgIpc) is 2.38. The van der Waals surface area contributed by atoms with Gasteiger partial charge in [-0.15, -0.1) is 0 Å². The summed E-state index contributed by atoms with van der Waals surface area (Å²) < 4.78 is 4.75. The van der Waals surface area contributed by atoms with E-state index in [9.17, 15) is 14.9 Å². The van der Waals surface area contributed by atoms with E-state index >= 15 is 0 Å². The third-order valence-corrected chi connectivity index (χ3v) is 2.74. The van der Waals surface area contributed by atoms with E-state index < -0.39 is 16.4 Å². The van der Waals surface area contributed by atoms with Crippen molar-refractivity contribution in [2.45, 2.75) is 32.2 Å². The molecule has 0 amide bonds. The largest absolute Gasteiger partial charge is 0.467 e. The molecule has 0 aliphatic carbocycles. The van der Waals surface area contributed by atoms with Crippen molar-refractivity contribution in [1.29, 1.82) is 0 Å². The fourth-order valence-electron chi connectivity index (χ4n) is 1.82. The van der Waals surface area contributed by atoms with Gasteiger partial charge >= 0.3 is 5.97 Å². The van der Waals surface area contributed by atoms with Gasteiger partial charge in [-0.25, -0.2) is 9.78 Å². The van der Waals surface area contributed by atoms with Gasteiger partial charge in [-0.2, -0.15) is 0 Å². The predicted octanol–water partition coefficient (Wildman–Crippen LogP) is 2.13. The molecule has 0 aliphatic rings. The van der Waals surface area contributed by atoms with Crippen LogP contribution < -0.4 is 5.32 Å². The predicted molar refractivity (Wildman–Crippen MR) is 69.8 cm³/mol. The molecule has 1 heterocycles. The van der Waals surface area contributed by atoms with Gasteiger partial charge in [0.05, 0.1) is 18.1 Å². The molecule has 0 fully saturated rings. The van der Waals surface area contributed by atoms with Crippen molar-refractivity contribution in [2.24, 2.45) is 0 Å². The highest BCUT2D eigenvalue weighted by Crippen LogP contribution is 2.22. The number of ether oxygens (including phenoxy) is 1. The number of hydrogen-bond acceptors (Lipinski definition) is 6. The van der Waals surface area contributed by atoms with Crippen LogP contribution >= 0.6 is 0 Å².